The van der Waals surface area contributed by atoms with E-state index in [-0.39, 0.29) is 0 Å². The molecule has 0 aliphatic rings. The Hall–Kier alpha value is -3.55. The number of nitrogens with zero attached hydrogens (tertiary/aromatic N) is 5. The van der Waals surface area contributed by atoms with Crippen LogP contribution in [0.3, 0.4) is 0 Å². The molecule has 8 nitrogen and oxygen atoms in total. The van der Waals surface area contributed by atoms with Gasteiger partial charge in [0.2, 0.25) is 5.75 Å². The van der Waals surface area contributed by atoms with Gasteiger partial charge >= 0.3 is 0 Å². The smallest absolute Gasteiger partial charge is 0.203 e. The van der Waals surface area contributed by atoms with Crippen molar-refractivity contribution in [2.45, 2.75) is 6.54 Å². The predicted molar refractivity (Wildman–Crippen MR) is 99.4 cm³/mol. The maximum Gasteiger partial charge on any atom is 0.203 e. The van der Waals surface area contributed by atoms with E-state index >= 15 is 0 Å². The lowest BCUT2D eigenvalue weighted by atomic mass is 10.1. The molecule has 27 heavy (non-hydrogen) atoms. The van der Waals surface area contributed by atoms with E-state index in [4.69, 9.17) is 14.2 Å². The van der Waals surface area contributed by atoms with Gasteiger partial charge in [0.05, 0.1) is 46.0 Å². The third-order valence-corrected chi connectivity index (χ3v) is 4.36. The topological polar surface area (TPSA) is 75.7 Å². The first-order valence-corrected chi connectivity index (χ1v) is 8.32. The SMILES string of the molecule is COc1cc(-c2nccn2Cc2cnc3cnccn23)cc(OC)c1OC. The number of aromatic nitrogens is 5. The summed E-state index contributed by atoms with van der Waals surface area (Å²) in [6.45, 7) is 0.608. The van der Waals surface area contributed by atoms with Crippen LogP contribution >= 0.6 is 0 Å². The Balaban J connectivity index is 1.76. The van der Waals surface area contributed by atoms with Gasteiger partial charge in [-0.1, -0.05) is 0 Å². The Labute approximate surface area is 156 Å². The van der Waals surface area contributed by atoms with E-state index in [1.807, 2.05) is 39.7 Å². The van der Waals surface area contributed by atoms with E-state index in [1.165, 1.54) is 0 Å². The Kier molecular flexibility index (Phi) is 4.37. The highest BCUT2D eigenvalue weighted by atomic mass is 16.5. The number of benzene rings is 1. The van der Waals surface area contributed by atoms with Crippen LogP contribution in [0.25, 0.3) is 17.0 Å². The Bertz CT molecular complexity index is 1060. The minimum Gasteiger partial charge on any atom is -0.493 e. The molecular weight excluding hydrogens is 346 g/mol. The Morgan fingerprint density at radius 2 is 1.67 bits per heavy atom. The second kappa shape index (κ2) is 6.99. The monoisotopic (exact) mass is 365 g/mol. The molecule has 0 spiro atoms. The first kappa shape index (κ1) is 16.9. The van der Waals surface area contributed by atoms with E-state index in [1.54, 1.807) is 39.9 Å². The minimum absolute atomic E-state index is 0.552. The van der Waals surface area contributed by atoms with Crippen molar-refractivity contribution < 1.29 is 14.2 Å². The highest BCUT2D eigenvalue weighted by molar-refractivity contribution is 5.67. The maximum absolute atomic E-state index is 5.46. The van der Waals surface area contributed by atoms with Crippen molar-refractivity contribution in [1.29, 1.82) is 0 Å². The number of rotatable bonds is 6. The lowest BCUT2D eigenvalue weighted by Crippen LogP contribution is -2.04. The van der Waals surface area contributed by atoms with Gasteiger partial charge in [0.15, 0.2) is 17.1 Å². The fraction of sp³-hybridized carbons (Fsp3) is 0.211. The minimum atomic E-state index is 0.552. The molecule has 0 unspecified atom stereocenters. The summed E-state index contributed by atoms with van der Waals surface area (Å²) in [4.78, 5) is 13.0. The summed E-state index contributed by atoms with van der Waals surface area (Å²) in [6.07, 6.45) is 10.9. The summed E-state index contributed by atoms with van der Waals surface area (Å²) in [6, 6.07) is 3.78. The van der Waals surface area contributed by atoms with Crippen LogP contribution in [-0.2, 0) is 6.54 Å². The van der Waals surface area contributed by atoms with E-state index < -0.39 is 0 Å². The molecule has 0 saturated heterocycles. The van der Waals surface area contributed by atoms with Crippen molar-refractivity contribution in [3.63, 3.8) is 0 Å². The lowest BCUT2D eigenvalue weighted by molar-refractivity contribution is 0.324. The molecule has 0 radical (unpaired) electrons. The van der Waals surface area contributed by atoms with Gasteiger partial charge in [0.1, 0.15) is 5.82 Å². The molecule has 3 heterocycles. The third-order valence-electron chi connectivity index (χ3n) is 4.36. The second-order valence-corrected chi connectivity index (χ2v) is 5.85. The van der Waals surface area contributed by atoms with Crippen LogP contribution in [0.2, 0.25) is 0 Å². The van der Waals surface area contributed by atoms with Crippen molar-refractivity contribution >= 4 is 5.65 Å². The molecule has 0 fully saturated rings. The van der Waals surface area contributed by atoms with E-state index in [9.17, 15) is 0 Å². The van der Waals surface area contributed by atoms with Crippen LogP contribution in [0.15, 0.2) is 49.3 Å². The van der Waals surface area contributed by atoms with Gasteiger partial charge in [0.25, 0.3) is 0 Å². The van der Waals surface area contributed by atoms with E-state index in [0.717, 1.165) is 22.7 Å². The number of hydrogen-bond acceptors (Lipinski definition) is 6. The quantitative estimate of drug-likeness (QED) is 0.523. The number of fused-ring (bicyclic) bond motifs is 1. The van der Waals surface area contributed by atoms with Crippen LogP contribution in [0.1, 0.15) is 5.69 Å². The van der Waals surface area contributed by atoms with Gasteiger partial charge in [-0.25, -0.2) is 9.97 Å². The van der Waals surface area contributed by atoms with Crippen molar-refractivity contribution in [3.05, 3.63) is 55.0 Å². The van der Waals surface area contributed by atoms with Crippen molar-refractivity contribution in [2.24, 2.45) is 0 Å². The molecule has 0 N–H and O–H groups in total. The second-order valence-electron chi connectivity index (χ2n) is 5.85. The van der Waals surface area contributed by atoms with Crippen LogP contribution in [-0.4, -0.2) is 45.2 Å². The van der Waals surface area contributed by atoms with Crippen LogP contribution in [0.4, 0.5) is 0 Å². The molecular formula is C19H19N5O3. The van der Waals surface area contributed by atoms with E-state index in [0.29, 0.717) is 23.8 Å². The van der Waals surface area contributed by atoms with E-state index in [2.05, 4.69) is 15.0 Å². The molecule has 4 aromatic rings. The van der Waals surface area contributed by atoms with Crippen LogP contribution in [0.5, 0.6) is 17.2 Å². The summed E-state index contributed by atoms with van der Waals surface area (Å²) < 4.78 is 20.4. The fourth-order valence-electron chi connectivity index (χ4n) is 3.09. The van der Waals surface area contributed by atoms with Gasteiger partial charge in [-0.05, 0) is 12.1 Å². The molecule has 3 aromatic heterocycles. The highest BCUT2D eigenvalue weighted by Gasteiger charge is 2.17. The van der Waals surface area contributed by atoms with Crippen molar-refractivity contribution in [3.8, 4) is 28.6 Å². The summed E-state index contributed by atoms with van der Waals surface area (Å²) in [5.74, 6) is 2.51. The number of ether oxygens (including phenoxy) is 3. The average molecular weight is 365 g/mol. The van der Waals surface area contributed by atoms with Crippen LogP contribution in [0, 0.1) is 0 Å². The van der Waals surface area contributed by atoms with Gasteiger partial charge in [-0.3, -0.25) is 9.38 Å². The first-order chi connectivity index (χ1) is 13.2. The van der Waals surface area contributed by atoms with Gasteiger partial charge in [-0.15, -0.1) is 0 Å². The molecule has 0 amide bonds. The van der Waals surface area contributed by atoms with Gasteiger partial charge in [0, 0.05) is 30.4 Å². The summed E-state index contributed by atoms with van der Waals surface area (Å²) in [5, 5.41) is 0. The summed E-state index contributed by atoms with van der Waals surface area (Å²) in [7, 11) is 4.78. The zero-order valence-corrected chi connectivity index (χ0v) is 15.3. The largest absolute Gasteiger partial charge is 0.493 e. The molecule has 8 heteroatoms. The highest BCUT2D eigenvalue weighted by Crippen LogP contribution is 2.40. The number of hydrogen-bond donors (Lipinski definition) is 0. The zero-order chi connectivity index (χ0) is 18.8. The van der Waals surface area contributed by atoms with Crippen molar-refractivity contribution in [1.82, 2.24) is 23.9 Å². The molecule has 4 rings (SSSR count). The third kappa shape index (κ3) is 2.95. The zero-order valence-electron chi connectivity index (χ0n) is 15.3. The van der Waals surface area contributed by atoms with Crippen LogP contribution < -0.4 is 14.2 Å². The molecule has 0 bridgehead atoms. The summed E-state index contributed by atoms with van der Waals surface area (Å²) in [5.41, 5.74) is 2.70. The normalized spacial score (nSPS) is 10.9. The molecule has 1 aromatic carbocycles. The van der Waals surface area contributed by atoms with Crippen molar-refractivity contribution in [2.75, 3.05) is 21.3 Å². The average Bonchev–Trinajstić information content (AvgIpc) is 3.34. The van der Waals surface area contributed by atoms with Gasteiger partial charge in [-0.2, -0.15) is 0 Å². The predicted octanol–water partition coefficient (Wildman–Crippen LogP) is 2.67. The maximum atomic E-state index is 5.46. The Morgan fingerprint density at radius 1 is 0.889 bits per heavy atom. The molecule has 138 valence electrons. The van der Waals surface area contributed by atoms with Gasteiger partial charge < -0.3 is 18.8 Å². The number of methoxy groups -OCH3 is 3. The first-order valence-electron chi connectivity index (χ1n) is 8.32. The standard InChI is InChI=1S/C19H19N5O3/c1-25-15-8-13(9-16(26-2)18(15)27-3)19-21-5-6-23(19)12-14-10-22-17-11-20-4-7-24(14)17/h4-11H,12H2,1-3H3. The molecule has 0 saturated carbocycles. The summed E-state index contributed by atoms with van der Waals surface area (Å²) >= 11 is 0. The molecule has 0 aliphatic carbocycles. The molecule has 0 aliphatic heterocycles. The lowest BCUT2D eigenvalue weighted by Gasteiger charge is -2.15. The molecule has 0 atom stereocenters. The number of imidazole rings is 2. The Morgan fingerprint density at radius 3 is 2.37 bits per heavy atom. The fourth-order valence-corrected chi connectivity index (χ4v) is 3.09.